The van der Waals surface area contributed by atoms with E-state index in [0.717, 1.165) is 36.9 Å². The Bertz CT molecular complexity index is 707. The molecule has 2 aliphatic rings. The van der Waals surface area contributed by atoms with Crippen LogP contribution in [0.1, 0.15) is 38.2 Å². The third-order valence-electron chi connectivity index (χ3n) is 5.00. The van der Waals surface area contributed by atoms with Crippen LogP contribution in [0.15, 0.2) is 23.1 Å². The Kier molecular flexibility index (Phi) is 4.47. The zero-order chi connectivity index (χ0) is 16.6. The highest BCUT2D eigenvalue weighted by Crippen LogP contribution is 2.30. The predicted octanol–water partition coefficient (Wildman–Crippen LogP) is 2.41. The number of rotatable bonds is 2. The van der Waals surface area contributed by atoms with Crippen molar-refractivity contribution < 1.29 is 13.2 Å². The van der Waals surface area contributed by atoms with Crippen LogP contribution < -0.4 is 4.90 Å². The van der Waals surface area contributed by atoms with Gasteiger partial charge in [-0.15, -0.1) is 0 Å². The molecule has 0 spiro atoms. The Balaban J connectivity index is 1.92. The van der Waals surface area contributed by atoms with Crippen LogP contribution in [-0.2, 0) is 21.2 Å². The van der Waals surface area contributed by atoms with E-state index in [9.17, 15) is 13.2 Å². The number of amides is 1. The van der Waals surface area contributed by atoms with Crippen molar-refractivity contribution in [3.63, 3.8) is 0 Å². The van der Waals surface area contributed by atoms with Crippen molar-refractivity contribution in [3.05, 3.63) is 23.8 Å². The van der Waals surface area contributed by atoms with Gasteiger partial charge >= 0.3 is 0 Å². The fourth-order valence-electron chi connectivity index (χ4n) is 3.36. The average Bonchev–Trinajstić information content (AvgIpc) is 2.67. The minimum Gasteiger partial charge on any atom is -0.315 e. The lowest BCUT2D eigenvalue weighted by Gasteiger charge is -2.29. The molecule has 2 heterocycles. The first-order valence-corrected chi connectivity index (χ1v) is 9.73. The van der Waals surface area contributed by atoms with Gasteiger partial charge in [0.2, 0.25) is 15.9 Å². The molecule has 1 saturated heterocycles. The molecule has 1 aromatic rings. The largest absolute Gasteiger partial charge is 0.315 e. The molecule has 126 valence electrons. The summed E-state index contributed by atoms with van der Waals surface area (Å²) in [5, 5.41) is 0. The van der Waals surface area contributed by atoms with Gasteiger partial charge in [0.15, 0.2) is 0 Å². The number of aryl methyl sites for hydroxylation is 1. The molecule has 23 heavy (non-hydrogen) atoms. The summed E-state index contributed by atoms with van der Waals surface area (Å²) in [6, 6.07) is 5.18. The predicted molar refractivity (Wildman–Crippen MR) is 89.9 cm³/mol. The normalized spacial score (nSPS) is 21.1. The molecule has 5 nitrogen and oxygen atoms in total. The van der Waals surface area contributed by atoms with Crippen LogP contribution in [0.4, 0.5) is 5.69 Å². The summed E-state index contributed by atoms with van der Waals surface area (Å²) in [7, 11) is -1.68. The molecule has 0 aliphatic carbocycles. The Morgan fingerprint density at radius 3 is 2.52 bits per heavy atom. The number of benzene rings is 1. The molecule has 3 rings (SSSR count). The lowest BCUT2D eigenvalue weighted by molar-refractivity contribution is -0.118. The summed E-state index contributed by atoms with van der Waals surface area (Å²) in [6.07, 6.45) is 3.85. The maximum atomic E-state index is 12.9. The molecule has 1 amide bonds. The van der Waals surface area contributed by atoms with Crippen molar-refractivity contribution in [1.82, 2.24) is 4.31 Å². The van der Waals surface area contributed by atoms with E-state index in [1.807, 2.05) is 0 Å². The first-order valence-electron chi connectivity index (χ1n) is 8.29. The summed E-state index contributed by atoms with van der Waals surface area (Å²) in [6.45, 7) is 3.36. The molecule has 0 N–H and O–H groups in total. The maximum Gasteiger partial charge on any atom is 0.243 e. The van der Waals surface area contributed by atoms with Gasteiger partial charge in [-0.2, -0.15) is 4.31 Å². The first-order chi connectivity index (χ1) is 10.9. The topological polar surface area (TPSA) is 57.7 Å². The van der Waals surface area contributed by atoms with Crippen LogP contribution in [0, 0.1) is 5.92 Å². The summed E-state index contributed by atoms with van der Waals surface area (Å²) in [4.78, 5) is 13.9. The van der Waals surface area contributed by atoms with Gasteiger partial charge in [0.1, 0.15) is 0 Å². The number of carbonyl (C=O) groups excluding carboxylic acids is 1. The van der Waals surface area contributed by atoms with E-state index in [-0.39, 0.29) is 5.91 Å². The fraction of sp³-hybridized carbons (Fsp3) is 0.588. The van der Waals surface area contributed by atoms with Gasteiger partial charge in [-0.3, -0.25) is 4.79 Å². The molecule has 6 heteroatoms. The molecular formula is C17H24N2O3S. The van der Waals surface area contributed by atoms with Crippen molar-refractivity contribution in [2.75, 3.05) is 25.0 Å². The van der Waals surface area contributed by atoms with Crippen LogP contribution in [0.3, 0.4) is 0 Å². The van der Waals surface area contributed by atoms with Crippen molar-refractivity contribution >= 4 is 21.6 Å². The molecule has 1 aromatic carbocycles. The number of nitrogens with zero attached hydrogens (tertiary/aromatic N) is 2. The van der Waals surface area contributed by atoms with Gasteiger partial charge < -0.3 is 4.90 Å². The molecule has 0 saturated carbocycles. The lowest BCUT2D eigenvalue weighted by atomic mass is 10.0. The Morgan fingerprint density at radius 2 is 1.83 bits per heavy atom. The minimum absolute atomic E-state index is 0.0874. The SMILES string of the molecule is CC1CCN(S(=O)(=O)c2ccc3c(c2)CCCC(=O)N3C)CC1. The van der Waals surface area contributed by atoms with Crippen molar-refractivity contribution in [2.24, 2.45) is 5.92 Å². The lowest BCUT2D eigenvalue weighted by Crippen LogP contribution is -2.37. The molecular weight excluding hydrogens is 312 g/mol. The quantitative estimate of drug-likeness (QED) is 0.833. The zero-order valence-corrected chi connectivity index (χ0v) is 14.6. The van der Waals surface area contributed by atoms with Gasteiger partial charge in [0, 0.05) is 32.2 Å². The molecule has 0 unspecified atom stereocenters. The number of fused-ring (bicyclic) bond motifs is 1. The van der Waals surface area contributed by atoms with Crippen molar-refractivity contribution in [3.8, 4) is 0 Å². The molecule has 0 atom stereocenters. The average molecular weight is 336 g/mol. The molecule has 0 bridgehead atoms. The van der Waals surface area contributed by atoms with Gasteiger partial charge in [-0.1, -0.05) is 6.92 Å². The number of sulfonamides is 1. The van der Waals surface area contributed by atoms with Crippen molar-refractivity contribution in [2.45, 2.75) is 43.9 Å². The fourth-order valence-corrected chi connectivity index (χ4v) is 4.88. The van der Waals surface area contributed by atoms with Crippen LogP contribution in [0.25, 0.3) is 0 Å². The van der Waals surface area contributed by atoms with Gasteiger partial charge in [0.25, 0.3) is 0 Å². The highest BCUT2D eigenvalue weighted by Gasteiger charge is 2.29. The molecule has 0 radical (unpaired) electrons. The number of hydrogen-bond acceptors (Lipinski definition) is 3. The van der Waals surface area contributed by atoms with Crippen LogP contribution >= 0.6 is 0 Å². The van der Waals surface area contributed by atoms with Crippen LogP contribution in [0.2, 0.25) is 0 Å². The number of piperidine rings is 1. The number of anilines is 1. The second-order valence-electron chi connectivity index (χ2n) is 6.68. The maximum absolute atomic E-state index is 12.9. The highest BCUT2D eigenvalue weighted by atomic mass is 32.2. The first kappa shape index (κ1) is 16.5. The zero-order valence-electron chi connectivity index (χ0n) is 13.8. The minimum atomic E-state index is -3.43. The molecule has 0 aromatic heterocycles. The third kappa shape index (κ3) is 3.15. The van der Waals surface area contributed by atoms with Crippen LogP contribution in [0.5, 0.6) is 0 Å². The summed E-state index contributed by atoms with van der Waals surface area (Å²) >= 11 is 0. The van der Waals surface area contributed by atoms with Gasteiger partial charge in [-0.25, -0.2) is 8.42 Å². The second-order valence-corrected chi connectivity index (χ2v) is 8.62. The van der Waals surface area contributed by atoms with E-state index < -0.39 is 10.0 Å². The van der Waals surface area contributed by atoms with E-state index in [1.165, 1.54) is 0 Å². The van der Waals surface area contributed by atoms with E-state index in [0.29, 0.717) is 30.3 Å². The summed E-state index contributed by atoms with van der Waals surface area (Å²) < 4.78 is 27.3. The third-order valence-corrected chi connectivity index (χ3v) is 6.90. The second kappa shape index (κ2) is 6.24. The van der Waals surface area contributed by atoms with E-state index in [1.54, 1.807) is 34.5 Å². The standard InChI is InChI=1S/C17H24N2O3S/c1-13-8-10-19(11-9-13)23(21,22)15-6-7-16-14(12-15)4-3-5-17(20)18(16)2/h6-7,12-13H,3-5,8-11H2,1-2H3. The summed E-state index contributed by atoms with van der Waals surface area (Å²) in [5.41, 5.74) is 1.78. The number of hydrogen-bond donors (Lipinski definition) is 0. The molecule has 1 fully saturated rings. The van der Waals surface area contributed by atoms with Gasteiger partial charge in [-0.05, 0) is 55.4 Å². The van der Waals surface area contributed by atoms with E-state index in [2.05, 4.69) is 6.92 Å². The summed E-state index contributed by atoms with van der Waals surface area (Å²) in [5.74, 6) is 0.678. The molecule has 2 aliphatic heterocycles. The highest BCUT2D eigenvalue weighted by molar-refractivity contribution is 7.89. The van der Waals surface area contributed by atoms with E-state index >= 15 is 0 Å². The smallest absolute Gasteiger partial charge is 0.243 e. The Morgan fingerprint density at radius 1 is 1.13 bits per heavy atom. The van der Waals surface area contributed by atoms with Crippen LogP contribution in [-0.4, -0.2) is 38.8 Å². The number of carbonyl (C=O) groups is 1. The Hall–Kier alpha value is -1.40. The van der Waals surface area contributed by atoms with Crippen molar-refractivity contribution in [1.29, 1.82) is 0 Å². The van der Waals surface area contributed by atoms with E-state index in [4.69, 9.17) is 0 Å². The monoisotopic (exact) mass is 336 g/mol. The van der Waals surface area contributed by atoms with Gasteiger partial charge in [0.05, 0.1) is 4.90 Å². The Labute approximate surface area is 138 Å².